The minimum atomic E-state index is -4.35. The number of carbonyl (C=O) groups is 1. The van der Waals surface area contributed by atoms with Crippen molar-refractivity contribution in [3.8, 4) is 0 Å². The van der Waals surface area contributed by atoms with Crippen molar-refractivity contribution >= 4 is 5.97 Å². The summed E-state index contributed by atoms with van der Waals surface area (Å²) >= 11 is 0. The molecule has 0 amide bonds. The van der Waals surface area contributed by atoms with Gasteiger partial charge < -0.3 is 5.11 Å². The SMILES string of the molecule is CC.O=C(O)c1ccc(CCC(F)(F)F)c(F)c1. The van der Waals surface area contributed by atoms with Crippen molar-refractivity contribution < 1.29 is 27.5 Å². The Morgan fingerprint density at radius 2 is 1.83 bits per heavy atom. The van der Waals surface area contributed by atoms with Crippen molar-refractivity contribution in [3.63, 3.8) is 0 Å². The van der Waals surface area contributed by atoms with Crippen molar-refractivity contribution in [2.75, 3.05) is 0 Å². The molecule has 0 aliphatic heterocycles. The number of hydrogen-bond acceptors (Lipinski definition) is 1. The molecule has 102 valence electrons. The van der Waals surface area contributed by atoms with E-state index in [4.69, 9.17) is 5.11 Å². The van der Waals surface area contributed by atoms with Gasteiger partial charge in [-0.3, -0.25) is 0 Å². The molecule has 0 unspecified atom stereocenters. The van der Waals surface area contributed by atoms with Crippen molar-refractivity contribution in [2.24, 2.45) is 0 Å². The Morgan fingerprint density at radius 1 is 1.28 bits per heavy atom. The quantitative estimate of drug-likeness (QED) is 0.838. The topological polar surface area (TPSA) is 37.3 Å². The van der Waals surface area contributed by atoms with Gasteiger partial charge in [-0.05, 0) is 24.1 Å². The number of halogens is 4. The van der Waals surface area contributed by atoms with E-state index < -0.39 is 30.8 Å². The van der Waals surface area contributed by atoms with E-state index in [0.29, 0.717) is 6.07 Å². The summed E-state index contributed by atoms with van der Waals surface area (Å²) in [5.74, 6) is -2.24. The number of alkyl halides is 3. The summed E-state index contributed by atoms with van der Waals surface area (Å²) in [6.45, 7) is 4.00. The summed E-state index contributed by atoms with van der Waals surface area (Å²) in [5, 5.41) is 8.51. The fourth-order valence-electron chi connectivity index (χ4n) is 1.16. The Kier molecular flexibility index (Phi) is 6.36. The summed E-state index contributed by atoms with van der Waals surface area (Å²) in [6.07, 6.45) is -5.97. The number of carboxylic acids is 1. The number of hydrogen-bond donors (Lipinski definition) is 1. The smallest absolute Gasteiger partial charge is 0.389 e. The van der Waals surface area contributed by atoms with Gasteiger partial charge in [-0.2, -0.15) is 13.2 Å². The second-order valence-corrected chi connectivity index (χ2v) is 3.23. The molecule has 0 spiro atoms. The van der Waals surface area contributed by atoms with Crippen LogP contribution in [0.15, 0.2) is 18.2 Å². The van der Waals surface area contributed by atoms with Gasteiger partial charge in [-0.25, -0.2) is 9.18 Å². The highest BCUT2D eigenvalue weighted by Gasteiger charge is 2.27. The zero-order valence-electron chi connectivity index (χ0n) is 10.0. The van der Waals surface area contributed by atoms with Gasteiger partial charge in [0.25, 0.3) is 0 Å². The molecule has 1 aromatic rings. The minimum absolute atomic E-state index is 0.137. The molecule has 0 saturated heterocycles. The lowest BCUT2D eigenvalue weighted by Gasteiger charge is -2.07. The number of aromatic carboxylic acids is 1. The van der Waals surface area contributed by atoms with E-state index in [1.807, 2.05) is 13.8 Å². The van der Waals surface area contributed by atoms with Crippen LogP contribution in [0.5, 0.6) is 0 Å². The summed E-state index contributed by atoms with van der Waals surface area (Å²) < 4.78 is 48.7. The van der Waals surface area contributed by atoms with Gasteiger partial charge in [-0.1, -0.05) is 19.9 Å². The second kappa shape index (κ2) is 6.98. The lowest BCUT2D eigenvalue weighted by molar-refractivity contribution is -0.134. The maximum absolute atomic E-state index is 13.2. The second-order valence-electron chi connectivity index (χ2n) is 3.23. The third kappa shape index (κ3) is 5.65. The molecule has 2 nitrogen and oxygen atoms in total. The first-order valence-electron chi connectivity index (χ1n) is 5.38. The van der Waals surface area contributed by atoms with Crippen LogP contribution in [0.1, 0.15) is 36.2 Å². The first-order chi connectivity index (χ1) is 8.29. The Balaban J connectivity index is 0.00000137. The zero-order valence-corrected chi connectivity index (χ0v) is 10.0. The predicted molar refractivity (Wildman–Crippen MR) is 59.1 cm³/mol. The standard InChI is InChI=1S/C10H8F4O2.C2H6/c11-8-5-7(9(15)16)2-1-6(8)3-4-10(12,13)14;1-2/h1-2,5H,3-4H2,(H,15,16);1-2H3. The monoisotopic (exact) mass is 266 g/mol. The van der Waals surface area contributed by atoms with Crippen LogP contribution >= 0.6 is 0 Å². The van der Waals surface area contributed by atoms with Crippen LogP contribution in [0.4, 0.5) is 17.6 Å². The molecular formula is C12H14F4O2. The molecule has 0 heterocycles. The molecule has 6 heteroatoms. The van der Waals surface area contributed by atoms with Crippen molar-refractivity contribution in [1.29, 1.82) is 0 Å². The molecule has 1 aromatic carbocycles. The van der Waals surface area contributed by atoms with E-state index in [2.05, 4.69) is 0 Å². The Bertz CT molecular complexity index is 400. The van der Waals surface area contributed by atoms with E-state index in [-0.39, 0.29) is 11.1 Å². The van der Waals surface area contributed by atoms with E-state index in [9.17, 15) is 22.4 Å². The molecule has 1 rings (SSSR count). The highest BCUT2D eigenvalue weighted by molar-refractivity contribution is 5.87. The van der Waals surface area contributed by atoms with Crippen LogP contribution in [0.2, 0.25) is 0 Å². The van der Waals surface area contributed by atoms with Gasteiger partial charge in [0.15, 0.2) is 0 Å². The molecule has 0 aromatic heterocycles. The summed E-state index contributed by atoms with van der Waals surface area (Å²) in [5.41, 5.74) is -0.421. The van der Waals surface area contributed by atoms with E-state index in [1.54, 1.807) is 0 Å². The van der Waals surface area contributed by atoms with Gasteiger partial charge in [-0.15, -0.1) is 0 Å². The predicted octanol–water partition coefficient (Wildman–Crippen LogP) is 4.05. The van der Waals surface area contributed by atoms with Crippen LogP contribution in [0.25, 0.3) is 0 Å². The van der Waals surface area contributed by atoms with Crippen LogP contribution < -0.4 is 0 Å². The Labute approximate surface area is 102 Å². The normalized spacial score (nSPS) is 10.6. The third-order valence-corrected chi connectivity index (χ3v) is 1.98. The van der Waals surface area contributed by atoms with Crippen molar-refractivity contribution in [1.82, 2.24) is 0 Å². The largest absolute Gasteiger partial charge is 0.478 e. The Hall–Kier alpha value is -1.59. The van der Waals surface area contributed by atoms with Crippen LogP contribution in [-0.2, 0) is 6.42 Å². The lowest BCUT2D eigenvalue weighted by atomic mass is 10.1. The van der Waals surface area contributed by atoms with Gasteiger partial charge in [0, 0.05) is 6.42 Å². The number of carboxylic acid groups (broad SMARTS) is 1. The van der Waals surface area contributed by atoms with Crippen LogP contribution in [-0.4, -0.2) is 17.3 Å². The number of benzene rings is 1. The van der Waals surface area contributed by atoms with Crippen molar-refractivity contribution in [3.05, 3.63) is 35.1 Å². The molecule has 0 aliphatic rings. The third-order valence-electron chi connectivity index (χ3n) is 1.98. The van der Waals surface area contributed by atoms with E-state index >= 15 is 0 Å². The van der Waals surface area contributed by atoms with Gasteiger partial charge in [0.1, 0.15) is 5.82 Å². The molecular weight excluding hydrogens is 252 g/mol. The van der Waals surface area contributed by atoms with Gasteiger partial charge in [0.2, 0.25) is 0 Å². The first kappa shape index (κ1) is 16.4. The molecule has 0 aliphatic carbocycles. The van der Waals surface area contributed by atoms with Crippen molar-refractivity contribution in [2.45, 2.75) is 32.9 Å². The maximum Gasteiger partial charge on any atom is 0.389 e. The summed E-state index contributed by atoms with van der Waals surface area (Å²) in [4.78, 5) is 10.4. The number of aryl methyl sites for hydroxylation is 1. The fourth-order valence-corrected chi connectivity index (χ4v) is 1.16. The lowest BCUT2D eigenvalue weighted by Crippen LogP contribution is -2.09. The Morgan fingerprint density at radius 3 is 2.22 bits per heavy atom. The molecule has 1 N–H and O–H groups in total. The first-order valence-corrected chi connectivity index (χ1v) is 5.38. The van der Waals surface area contributed by atoms with Gasteiger partial charge >= 0.3 is 12.1 Å². The van der Waals surface area contributed by atoms with E-state index in [0.717, 1.165) is 12.1 Å². The molecule has 18 heavy (non-hydrogen) atoms. The summed E-state index contributed by atoms with van der Waals surface area (Å²) in [6, 6.07) is 2.86. The molecule has 0 radical (unpaired) electrons. The molecule has 0 bridgehead atoms. The van der Waals surface area contributed by atoms with Crippen LogP contribution in [0.3, 0.4) is 0 Å². The fraction of sp³-hybridized carbons (Fsp3) is 0.417. The molecule has 0 saturated carbocycles. The van der Waals surface area contributed by atoms with Crippen LogP contribution in [0, 0.1) is 5.82 Å². The molecule has 0 fully saturated rings. The summed E-state index contributed by atoms with van der Waals surface area (Å²) in [7, 11) is 0. The average Bonchev–Trinajstić information content (AvgIpc) is 2.28. The highest BCUT2D eigenvalue weighted by Crippen LogP contribution is 2.23. The molecule has 0 atom stereocenters. The average molecular weight is 266 g/mol. The zero-order chi connectivity index (χ0) is 14.3. The highest BCUT2D eigenvalue weighted by atomic mass is 19.4. The minimum Gasteiger partial charge on any atom is -0.478 e. The number of rotatable bonds is 3. The maximum atomic E-state index is 13.2. The van der Waals surface area contributed by atoms with E-state index in [1.165, 1.54) is 0 Å². The van der Waals surface area contributed by atoms with Gasteiger partial charge in [0.05, 0.1) is 5.56 Å².